The van der Waals surface area contributed by atoms with Gasteiger partial charge in [-0.1, -0.05) is 24.6 Å². The van der Waals surface area contributed by atoms with Crippen LogP contribution in [-0.2, 0) is 24.3 Å². The van der Waals surface area contributed by atoms with Gasteiger partial charge in [0.1, 0.15) is 6.04 Å². The van der Waals surface area contributed by atoms with Crippen LogP contribution in [0.15, 0.2) is 29.2 Å². The summed E-state index contributed by atoms with van der Waals surface area (Å²) in [6.45, 7) is 8.37. The number of sulfonamides is 1. The zero-order valence-corrected chi connectivity index (χ0v) is 16.1. The SMILES string of the molecule is CCC(C)(C)NC(=O)COC(=O)[C@H](C)NS(=O)(=O)c1ccc(C)cc1. The second-order valence-electron chi connectivity index (χ2n) is 6.55. The lowest BCUT2D eigenvalue weighted by Gasteiger charge is -2.24. The fourth-order valence-corrected chi connectivity index (χ4v) is 3.02. The van der Waals surface area contributed by atoms with Gasteiger partial charge >= 0.3 is 5.97 Å². The molecule has 1 aromatic carbocycles. The van der Waals surface area contributed by atoms with Gasteiger partial charge in [-0.25, -0.2) is 8.42 Å². The van der Waals surface area contributed by atoms with E-state index >= 15 is 0 Å². The number of aryl methyl sites for hydroxylation is 1. The number of hydrogen-bond acceptors (Lipinski definition) is 5. The summed E-state index contributed by atoms with van der Waals surface area (Å²) in [4.78, 5) is 23.7. The summed E-state index contributed by atoms with van der Waals surface area (Å²) in [5, 5.41) is 2.72. The van der Waals surface area contributed by atoms with Crippen LogP contribution in [0.3, 0.4) is 0 Å². The lowest BCUT2D eigenvalue weighted by atomic mass is 10.0. The Morgan fingerprint density at radius 1 is 1.20 bits per heavy atom. The zero-order chi connectivity index (χ0) is 19.3. The van der Waals surface area contributed by atoms with Crippen molar-refractivity contribution in [2.24, 2.45) is 0 Å². The highest BCUT2D eigenvalue weighted by Gasteiger charge is 2.24. The molecule has 8 heteroatoms. The maximum Gasteiger partial charge on any atom is 0.324 e. The molecule has 1 aromatic rings. The van der Waals surface area contributed by atoms with Crippen LogP contribution < -0.4 is 10.0 Å². The predicted molar refractivity (Wildman–Crippen MR) is 94.4 cm³/mol. The minimum atomic E-state index is -3.84. The normalized spacial score (nSPS) is 13.2. The summed E-state index contributed by atoms with van der Waals surface area (Å²) >= 11 is 0. The molecule has 0 heterocycles. The highest BCUT2D eigenvalue weighted by molar-refractivity contribution is 7.89. The van der Waals surface area contributed by atoms with Gasteiger partial charge in [0.2, 0.25) is 10.0 Å². The van der Waals surface area contributed by atoms with Crippen molar-refractivity contribution >= 4 is 21.9 Å². The molecule has 0 aliphatic rings. The number of amides is 1. The van der Waals surface area contributed by atoms with Gasteiger partial charge in [0.15, 0.2) is 6.61 Å². The van der Waals surface area contributed by atoms with Crippen molar-refractivity contribution < 1.29 is 22.7 Å². The third-order valence-electron chi connectivity index (χ3n) is 3.72. The van der Waals surface area contributed by atoms with Crippen molar-refractivity contribution in [2.45, 2.75) is 57.5 Å². The lowest BCUT2D eigenvalue weighted by molar-refractivity contribution is -0.150. The minimum absolute atomic E-state index is 0.0557. The van der Waals surface area contributed by atoms with E-state index in [9.17, 15) is 18.0 Å². The van der Waals surface area contributed by atoms with Crippen LogP contribution in [0.2, 0.25) is 0 Å². The Kier molecular flexibility index (Phi) is 7.13. The maximum absolute atomic E-state index is 12.2. The van der Waals surface area contributed by atoms with E-state index in [1.165, 1.54) is 19.1 Å². The largest absolute Gasteiger partial charge is 0.454 e. The third kappa shape index (κ3) is 6.83. The highest BCUT2D eigenvalue weighted by atomic mass is 32.2. The van der Waals surface area contributed by atoms with E-state index in [0.29, 0.717) is 0 Å². The Morgan fingerprint density at radius 3 is 2.28 bits per heavy atom. The van der Waals surface area contributed by atoms with Gasteiger partial charge < -0.3 is 10.1 Å². The molecule has 140 valence electrons. The number of esters is 1. The number of ether oxygens (including phenoxy) is 1. The fraction of sp³-hybridized carbons (Fsp3) is 0.529. The predicted octanol–water partition coefficient (Wildman–Crippen LogP) is 1.51. The van der Waals surface area contributed by atoms with E-state index in [1.807, 2.05) is 27.7 Å². The molecule has 0 aliphatic heterocycles. The van der Waals surface area contributed by atoms with E-state index < -0.39 is 40.1 Å². The van der Waals surface area contributed by atoms with Crippen LogP contribution in [0.5, 0.6) is 0 Å². The van der Waals surface area contributed by atoms with Gasteiger partial charge in [0.25, 0.3) is 5.91 Å². The summed E-state index contributed by atoms with van der Waals surface area (Å²) in [7, 11) is -3.84. The summed E-state index contributed by atoms with van der Waals surface area (Å²) in [5.74, 6) is -1.26. The first-order chi connectivity index (χ1) is 11.5. The molecular formula is C17H26N2O5S. The molecule has 0 unspecified atom stereocenters. The van der Waals surface area contributed by atoms with Gasteiger partial charge in [0.05, 0.1) is 4.90 Å². The topological polar surface area (TPSA) is 102 Å². The second kappa shape index (κ2) is 8.44. The number of benzene rings is 1. The van der Waals surface area contributed by atoms with E-state index in [1.54, 1.807) is 12.1 Å². The summed E-state index contributed by atoms with van der Waals surface area (Å²) in [5.41, 5.74) is 0.523. The highest BCUT2D eigenvalue weighted by Crippen LogP contribution is 2.11. The molecule has 7 nitrogen and oxygen atoms in total. The molecule has 0 fully saturated rings. The fourth-order valence-electron chi connectivity index (χ4n) is 1.83. The Labute approximate surface area is 149 Å². The number of rotatable bonds is 8. The first kappa shape index (κ1) is 21.1. The van der Waals surface area contributed by atoms with E-state index in [2.05, 4.69) is 10.0 Å². The van der Waals surface area contributed by atoms with Gasteiger partial charge in [-0.15, -0.1) is 0 Å². The molecule has 0 bridgehead atoms. The molecule has 1 amide bonds. The van der Waals surface area contributed by atoms with E-state index in [4.69, 9.17) is 4.74 Å². The number of carbonyl (C=O) groups is 2. The number of nitrogens with one attached hydrogen (secondary N) is 2. The van der Waals surface area contributed by atoms with Gasteiger partial charge in [-0.2, -0.15) is 4.72 Å². The van der Waals surface area contributed by atoms with Crippen molar-refractivity contribution in [3.05, 3.63) is 29.8 Å². The molecule has 0 saturated carbocycles. The lowest BCUT2D eigenvalue weighted by Crippen LogP contribution is -2.46. The smallest absolute Gasteiger partial charge is 0.324 e. The summed E-state index contributed by atoms with van der Waals surface area (Å²) in [6.07, 6.45) is 0.722. The first-order valence-electron chi connectivity index (χ1n) is 8.03. The monoisotopic (exact) mass is 370 g/mol. The Balaban J connectivity index is 2.59. The Hall–Kier alpha value is -1.93. The van der Waals surface area contributed by atoms with Gasteiger partial charge in [-0.3, -0.25) is 9.59 Å². The van der Waals surface area contributed by atoms with Crippen molar-refractivity contribution in [3.63, 3.8) is 0 Å². The van der Waals surface area contributed by atoms with Crippen molar-refractivity contribution in [2.75, 3.05) is 6.61 Å². The molecule has 0 radical (unpaired) electrons. The number of hydrogen-bond donors (Lipinski definition) is 2. The van der Waals surface area contributed by atoms with Crippen molar-refractivity contribution in [3.8, 4) is 0 Å². The average Bonchev–Trinajstić information content (AvgIpc) is 2.52. The van der Waals surface area contributed by atoms with Crippen molar-refractivity contribution in [1.82, 2.24) is 10.0 Å². The van der Waals surface area contributed by atoms with E-state index in [0.717, 1.165) is 12.0 Å². The van der Waals surface area contributed by atoms with Crippen LogP contribution in [-0.4, -0.2) is 38.5 Å². The average molecular weight is 370 g/mol. The van der Waals surface area contributed by atoms with Crippen LogP contribution in [0.25, 0.3) is 0 Å². The van der Waals surface area contributed by atoms with Crippen LogP contribution >= 0.6 is 0 Å². The minimum Gasteiger partial charge on any atom is -0.454 e. The summed E-state index contributed by atoms with van der Waals surface area (Å²) in [6, 6.07) is 5.12. The van der Waals surface area contributed by atoms with E-state index in [-0.39, 0.29) is 4.90 Å². The molecular weight excluding hydrogens is 344 g/mol. The summed E-state index contributed by atoms with van der Waals surface area (Å²) < 4.78 is 31.6. The molecule has 2 N–H and O–H groups in total. The Bertz CT molecular complexity index is 711. The Morgan fingerprint density at radius 2 is 1.76 bits per heavy atom. The first-order valence-corrected chi connectivity index (χ1v) is 9.52. The molecule has 1 atom stereocenters. The quantitative estimate of drug-likeness (QED) is 0.676. The molecule has 0 saturated heterocycles. The van der Waals surface area contributed by atoms with Crippen LogP contribution in [0, 0.1) is 6.92 Å². The second-order valence-corrected chi connectivity index (χ2v) is 8.26. The molecule has 0 aromatic heterocycles. The van der Waals surface area contributed by atoms with Crippen LogP contribution in [0.4, 0.5) is 0 Å². The zero-order valence-electron chi connectivity index (χ0n) is 15.3. The van der Waals surface area contributed by atoms with Crippen LogP contribution in [0.1, 0.15) is 39.7 Å². The van der Waals surface area contributed by atoms with Gasteiger partial charge in [-0.05, 0) is 46.2 Å². The van der Waals surface area contributed by atoms with Crippen molar-refractivity contribution in [1.29, 1.82) is 0 Å². The molecule has 25 heavy (non-hydrogen) atoms. The molecule has 0 spiro atoms. The molecule has 0 aliphatic carbocycles. The molecule has 1 rings (SSSR count). The third-order valence-corrected chi connectivity index (χ3v) is 5.28. The number of carbonyl (C=O) groups excluding carboxylic acids is 2. The van der Waals surface area contributed by atoms with Gasteiger partial charge in [0, 0.05) is 5.54 Å². The standard InChI is InChI=1S/C17H26N2O5S/c1-6-17(4,5)18-15(20)11-24-16(21)13(3)19-25(22,23)14-9-7-12(2)8-10-14/h7-10,13,19H,6,11H2,1-5H3,(H,18,20)/t13-/m0/s1. The maximum atomic E-state index is 12.2.